The summed E-state index contributed by atoms with van der Waals surface area (Å²) >= 11 is 0. The molecule has 1 heterocycles. The van der Waals surface area contributed by atoms with Crippen molar-refractivity contribution in [1.29, 1.82) is 0 Å². The molecule has 0 aliphatic rings. The van der Waals surface area contributed by atoms with Crippen molar-refractivity contribution < 1.29 is 23.1 Å². The molecule has 0 aliphatic heterocycles. The Morgan fingerprint density at radius 2 is 1.90 bits per heavy atom. The molecule has 0 unspecified atom stereocenters. The van der Waals surface area contributed by atoms with Crippen molar-refractivity contribution in [2.24, 2.45) is 5.41 Å². The van der Waals surface area contributed by atoms with Gasteiger partial charge in [0.1, 0.15) is 0 Å². The van der Waals surface area contributed by atoms with Gasteiger partial charge in [-0.15, -0.1) is 0 Å². The molecule has 0 spiro atoms. The first-order chi connectivity index (χ1) is 9.49. The minimum atomic E-state index is -4.59. The summed E-state index contributed by atoms with van der Waals surface area (Å²) in [6.07, 6.45) is -4.59. The Hall–Kier alpha value is -2.05. The van der Waals surface area contributed by atoms with Gasteiger partial charge in [-0.2, -0.15) is 13.2 Å². The Balaban J connectivity index is 2.73. The van der Waals surface area contributed by atoms with E-state index >= 15 is 0 Å². The van der Waals surface area contributed by atoms with Gasteiger partial charge >= 0.3 is 12.1 Å². The summed E-state index contributed by atoms with van der Waals surface area (Å²) in [7, 11) is 0. The lowest BCUT2D eigenvalue weighted by molar-refractivity contribution is -0.147. The highest BCUT2D eigenvalue weighted by Crippen LogP contribution is 2.33. The quantitative estimate of drug-likeness (QED) is 0.917. The number of aromatic carboxylic acids is 1. The molecule has 0 saturated carbocycles. The molecule has 7 heteroatoms. The monoisotopic (exact) mass is 300 g/mol. The molecule has 0 bridgehead atoms. The van der Waals surface area contributed by atoms with Crippen LogP contribution < -0.4 is 0 Å². The molecule has 21 heavy (non-hydrogen) atoms. The molecule has 1 aromatic carbocycles. The van der Waals surface area contributed by atoms with Gasteiger partial charge in [-0.3, -0.25) is 0 Å². The Labute approximate surface area is 119 Å². The summed E-state index contributed by atoms with van der Waals surface area (Å²) in [5.74, 6) is -2.19. The second-order valence-electron chi connectivity index (χ2n) is 6.09. The van der Waals surface area contributed by atoms with Crippen molar-refractivity contribution in [2.75, 3.05) is 0 Å². The van der Waals surface area contributed by atoms with E-state index in [0.717, 1.165) is 4.57 Å². The van der Waals surface area contributed by atoms with Gasteiger partial charge in [0.2, 0.25) is 5.82 Å². The number of aromatic nitrogens is 2. The van der Waals surface area contributed by atoms with Crippen molar-refractivity contribution in [3.8, 4) is 0 Å². The van der Waals surface area contributed by atoms with Crippen molar-refractivity contribution >= 4 is 17.0 Å². The number of rotatable bonds is 2. The van der Waals surface area contributed by atoms with Gasteiger partial charge in [0.15, 0.2) is 0 Å². The van der Waals surface area contributed by atoms with Crippen LogP contribution in [0.4, 0.5) is 13.2 Å². The number of imidazole rings is 1. The van der Waals surface area contributed by atoms with E-state index in [0.29, 0.717) is 0 Å². The van der Waals surface area contributed by atoms with E-state index in [1.807, 2.05) is 0 Å². The molecule has 2 rings (SSSR count). The first-order valence-corrected chi connectivity index (χ1v) is 6.30. The van der Waals surface area contributed by atoms with Crippen LogP contribution in [-0.4, -0.2) is 20.6 Å². The van der Waals surface area contributed by atoms with Crippen molar-refractivity contribution in [3.05, 3.63) is 29.6 Å². The Morgan fingerprint density at radius 3 is 2.38 bits per heavy atom. The first kappa shape index (κ1) is 15.3. The summed E-state index contributed by atoms with van der Waals surface area (Å²) in [5, 5.41) is 8.98. The van der Waals surface area contributed by atoms with Gasteiger partial charge < -0.3 is 9.67 Å². The highest BCUT2D eigenvalue weighted by Gasteiger charge is 2.38. The number of nitrogens with zero attached hydrogens (tertiary/aromatic N) is 2. The molecule has 0 aliphatic carbocycles. The van der Waals surface area contributed by atoms with Crippen LogP contribution in [0.3, 0.4) is 0 Å². The highest BCUT2D eigenvalue weighted by molar-refractivity contribution is 5.92. The lowest BCUT2D eigenvalue weighted by atomic mass is 9.96. The molecule has 1 N–H and O–H groups in total. The van der Waals surface area contributed by atoms with Crippen molar-refractivity contribution in [2.45, 2.75) is 33.5 Å². The lowest BCUT2D eigenvalue weighted by Crippen LogP contribution is -2.22. The van der Waals surface area contributed by atoms with Crippen LogP contribution in [0.2, 0.25) is 0 Å². The topological polar surface area (TPSA) is 55.1 Å². The fraction of sp³-hybridized carbons (Fsp3) is 0.429. The predicted molar refractivity (Wildman–Crippen MR) is 71.1 cm³/mol. The number of halogens is 3. The zero-order valence-corrected chi connectivity index (χ0v) is 11.8. The number of carboxylic acids is 1. The van der Waals surface area contributed by atoms with Crippen LogP contribution in [0.15, 0.2) is 18.2 Å². The van der Waals surface area contributed by atoms with Gasteiger partial charge in [-0.25, -0.2) is 9.78 Å². The number of benzene rings is 1. The summed E-state index contributed by atoms with van der Waals surface area (Å²) in [6, 6.07) is 3.78. The van der Waals surface area contributed by atoms with Gasteiger partial charge in [-0.1, -0.05) is 20.8 Å². The third kappa shape index (κ3) is 3.17. The lowest BCUT2D eigenvalue weighted by Gasteiger charge is -2.21. The molecular formula is C14H15F3N2O2. The average Bonchev–Trinajstić information content (AvgIpc) is 2.65. The van der Waals surface area contributed by atoms with Crippen LogP contribution in [-0.2, 0) is 12.7 Å². The van der Waals surface area contributed by atoms with E-state index in [9.17, 15) is 18.0 Å². The second-order valence-corrected chi connectivity index (χ2v) is 6.09. The minimum Gasteiger partial charge on any atom is -0.478 e. The normalized spacial score (nSPS) is 12.9. The van der Waals surface area contributed by atoms with E-state index < -0.39 is 23.4 Å². The molecule has 0 fully saturated rings. The zero-order chi connectivity index (χ0) is 16.0. The minimum absolute atomic E-state index is 0.0636. The summed E-state index contributed by atoms with van der Waals surface area (Å²) < 4.78 is 40.4. The third-order valence-corrected chi connectivity index (χ3v) is 2.88. The molecule has 0 amide bonds. The van der Waals surface area contributed by atoms with Crippen LogP contribution in [0, 0.1) is 5.41 Å². The first-order valence-electron chi connectivity index (χ1n) is 6.30. The number of hydrogen-bond donors (Lipinski definition) is 1. The van der Waals surface area contributed by atoms with Crippen LogP contribution in [0.5, 0.6) is 0 Å². The number of alkyl halides is 3. The van der Waals surface area contributed by atoms with E-state index in [1.54, 1.807) is 20.8 Å². The standard InChI is InChI=1S/C14H15F3N2O2/c1-13(2,3)7-19-10-6-8(11(20)21)4-5-9(10)18-12(19)14(15,16)17/h4-6H,7H2,1-3H3,(H,20,21). The maximum absolute atomic E-state index is 13.1. The zero-order valence-electron chi connectivity index (χ0n) is 11.8. The Bertz CT molecular complexity index is 697. The number of carbonyl (C=O) groups is 1. The summed E-state index contributed by atoms with van der Waals surface area (Å²) in [5.41, 5.74) is -0.160. The highest BCUT2D eigenvalue weighted by atomic mass is 19.4. The van der Waals surface area contributed by atoms with Crippen molar-refractivity contribution in [3.63, 3.8) is 0 Å². The molecule has 4 nitrogen and oxygen atoms in total. The maximum Gasteiger partial charge on any atom is 0.449 e. The third-order valence-electron chi connectivity index (χ3n) is 2.88. The van der Waals surface area contributed by atoms with Crippen LogP contribution in [0.25, 0.3) is 11.0 Å². The van der Waals surface area contributed by atoms with Gasteiger partial charge in [-0.05, 0) is 23.6 Å². The van der Waals surface area contributed by atoms with E-state index in [4.69, 9.17) is 5.11 Å². The molecule has 0 radical (unpaired) electrons. The van der Waals surface area contributed by atoms with Gasteiger partial charge in [0, 0.05) is 6.54 Å². The number of fused-ring (bicyclic) bond motifs is 1. The molecule has 0 atom stereocenters. The van der Waals surface area contributed by atoms with E-state index in [1.165, 1.54) is 18.2 Å². The van der Waals surface area contributed by atoms with Gasteiger partial charge in [0.05, 0.1) is 16.6 Å². The Morgan fingerprint density at radius 1 is 1.29 bits per heavy atom. The SMILES string of the molecule is CC(C)(C)Cn1c(C(F)(F)F)nc2ccc(C(=O)O)cc21. The summed E-state index contributed by atoms with van der Waals surface area (Å²) in [4.78, 5) is 14.6. The largest absolute Gasteiger partial charge is 0.478 e. The molecule has 1 aromatic heterocycles. The molecule has 0 saturated heterocycles. The van der Waals surface area contributed by atoms with Crippen LogP contribution in [0.1, 0.15) is 37.0 Å². The van der Waals surface area contributed by atoms with Crippen LogP contribution >= 0.6 is 0 Å². The van der Waals surface area contributed by atoms with Gasteiger partial charge in [0.25, 0.3) is 0 Å². The second kappa shape index (κ2) is 4.75. The molecular weight excluding hydrogens is 285 g/mol. The fourth-order valence-electron chi connectivity index (χ4n) is 2.11. The molecule has 114 valence electrons. The van der Waals surface area contributed by atoms with E-state index in [2.05, 4.69) is 4.98 Å². The fourth-order valence-corrected chi connectivity index (χ4v) is 2.11. The number of carboxylic acid groups (broad SMARTS) is 1. The summed E-state index contributed by atoms with van der Waals surface area (Å²) in [6.45, 7) is 5.50. The average molecular weight is 300 g/mol. The maximum atomic E-state index is 13.1. The number of hydrogen-bond acceptors (Lipinski definition) is 2. The van der Waals surface area contributed by atoms with E-state index in [-0.39, 0.29) is 23.1 Å². The molecule has 2 aromatic rings. The predicted octanol–water partition coefficient (Wildman–Crippen LogP) is 3.80. The van der Waals surface area contributed by atoms with Crippen molar-refractivity contribution in [1.82, 2.24) is 9.55 Å². The smallest absolute Gasteiger partial charge is 0.449 e. The Kier molecular flexibility index (Phi) is 3.47.